The number of ether oxygens (including phenoxy) is 3. The molecule has 0 aliphatic carbocycles. The summed E-state index contributed by atoms with van der Waals surface area (Å²) < 4.78 is 16.5. The van der Waals surface area contributed by atoms with E-state index in [2.05, 4.69) is 5.32 Å². The lowest BCUT2D eigenvalue weighted by molar-refractivity contribution is -0.116. The third-order valence-electron chi connectivity index (χ3n) is 4.03. The number of benzene rings is 2. The number of hydrogen-bond donors (Lipinski definition) is 1. The molecule has 136 valence electrons. The Bertz CT molecular complexity index is 785. The number of carbonyl (C=O) groups excluding carboxylic acids is 1. The van der Waals surface area contributed by atoms with E-state index in [9.17, 15) is 4.79 Å². The van der Waals surface area contributed by atoms with Crippen molar-refractivity contribution in [3.63, 3.8) is 0 Å². The van der Waals surface area contributed by atoms with E-state index < -0.39 is 0 Å². The van der Waals surface area contributed by atoms with E-state index >= 15 is 0 Å². The van der Waals surface area contributed by atoms with Gasteiger partial charge in [0, 0.05) is 19.2 Å². The number of fused-ring (bicyclic) bond motifs is 1. The van der Waals surface area contributed by atoms with Crippen LogP contribution in [0.3, 0.4) is 0 Å². The van der Waals surface area contributed by atoms with Gasteiger partial charge in [0.1, 0.15) is 13.2 Å². The van der Waals surface area contributed by atoms with E-state index in [4.69, 9.17) is 14.2 Å². The average Bonchev–Trinajstić information content (AvgIpc) is 2.69. The van der Waals surface area contributed by atoms with Crippen LogP contribution in [-0.4, -0.2) is 25.7 Å². The molecule has 1 heterocycles. The summed E-state index contributed by atoms with van der Waals surface area (Å²) in [4.78, 5) is 12.1. The van der Waals surface area contributed by atoms with Gasteiger partial charge in [-0.1, -0.05) is 30.3 Å². The summed E-state index contributed by atoms with van der Waals surface area (Å²) in [5.74, 6) is 1.30. The van der Waals surface area contributed by atoms with E-state index in [1.54, 1.807) is 6.08 Å². The molecule has 5 heteroatoms. The Morgan fingerprint density at radius 1 is 1.12 bits per heavy atom. The number of amides is 1. The Balaban J connectivity index is 1.57. The highest BCUT2D eigenvalue weighted by Gasteiger charge is 2.10. The molecule has 5 nitrogen and oxygen atoms in total. The molecular formula is C21H23NO4. The van der Waals surface area contributed by atoms with Gasteiger partial charge in [0.15, 0.2) is 11.5 Å². The first-order chi connectivity index (χ1) is 12.8. The van der Waals surface area contributed by atoms with Crippen LogP contribution in [0.1, 0.15) is 23.6 Å². The molecule has 0 unspecified atom stereocenters. The molecule has 0 atom stereocenters. The molecule has 1 aliphatic rings. The minimum absolute atomic E-state index is 0.147. The molecule has 0 aromatic heterocycles. The van der Waals surface area contributed by atoms with Crippen LogP contribution in [0, 0.1) is 0 Å². The minimum Gasteiger partial charge on any atom is -0.486 e. The first-order valence-electron chi connectivity index (χ1n) is 8.76. The summed E-state index contributed by atoms with van der Waals surface area (Å²) >= 11 is 0. The van der Waals surface area contributed by atoms with Crippen LogP contribution in [0.2, 0.25) is 0 Å². The first kappa shape index (κ1) is 18.0. The van der Waals surface area contributed by atoms with Crippen molar-refractivity contribution in [2.75, 3.05) is 19.8 Å². The maximum Gasteiger partial charge on any atom is 0.244 e. The van der Waals surface area contributed by atoms with Crippen LogP contribution < -0.4 is 14.8 Å². The van der Waals surface area contributed by atoms with Gasteiger partial charge in [0.2, 0.25) is 5.91 Å². The fraction of sp³-hybridized carbons (Fsp3) is 0.286. The maximum absolute atomic E-state index is 12.1. The van der Waals surface area contributed by atoms with Gasteiger partial charge in [-0.15, -0.1) is 0 Å². The highest BCUT2D eigenvalue weighted by Crippen LogP contribution is 2.31. The molecule has 0 bridgehead atoms. The van der Waals surface area contributed by atoms with Gasteiger partial charge < -0.3 is 19.5 Å². The number of hydrogen-bond acceptors (Lipinski definition) is 4. The lowest BCUT2D eigenvalue weighted by Crippen LogP contribution is -2.21. The van der Waals surface area contributed by atoms with Crippen molar-refractivity contribution in [1.82, 2.24) is 5.32 Å². The molecule has 1 amide bonds. The van der Waals surface area contributed by atoms with E-state index in [1.807, 2.05) is 49.4 Å². The third-order valence-corrected chi connectivity index (χ3v) is 4.03. The molecular weight excluding hydrogens is 330 g/mol. The van der Waals surface area contributed by atoms with Gasteiger partial charge in [-0.2, -0.15) is 0 Å². The van der Waals surface area contributed by atoms with Crippen molar-refractivity contribution >= 4 is 12.0 Å². The molecule has 26 heavy (non-hydrogen) atoms. The summed E-state index contributed by atoms with van der Waals surface area (Å²) in [7, 11) is 0. The van der Waals surface area contributed by atoms with Crippen molar-refractivity contribution < 1.29 is 19.0 Å². The lowest BCUT2D eigenvalue weighted by Gasteiger charge is -2.18. The topological polar surface area (TPSA) is 56.8 Å². The van der Waals surface area contributed by atoms with Crippen LogP contribution in [0.15, 0.2) is 48.5 Å². The second kappa shape index (κ2) is 9.06. The van der Waals surface area contributed by atoms with Crippen molar-refractivity contribution in [2.24, 2.45) is 0 Å². The van der Waals surface area contributed by atoms with Gasteiger partial charge in [-0.3, -0.25) is 4.79 Å². The van der Waals surface area contributed by atoms with Gasteiger partial charge >= 0.3 is 0 Å². The predicted octanol–water partition coefficient (Wildman–Crippen LogP) is 3.32. The highest BCUT2D eigenvalue weighted by atomic mass is 16.6. The second-order valence-electron chi connectivity index (χ2n) is 5.86. The molecule has 1 N–H and O–H groups in total. The fourth-order valence-electron chi connectivity index (χ4n) is 2.66. The lowest BCUT2D eigenvalue weighted by atomic mass is 10.1. The normalized spacial score (nSPS) is 13.0. The Morgan fingerprint density at radius 2 is 1.88 bits per heavy atom. The largest absolute Gasteiger partial charge is 0.486 e. The standard InChI is InChI=1S/C21H23NO4/c1-2-24-15-18-6-4-3-5-17(18)14-22-21(23)10-8-16-7-9-19-20(13-16)26-12-11-25-19/h3-10,13H,2,11-12,14-15H2,1H3,(H,22,23)/b10-8+. The molecule has 0 saturated heterocycles. The Hall–Kier alpha value is -2.79. The SMILES string of the molecule is CCOCc1ccccc1CNC(=O)/C=C/c1ccc2c(c1)OCCO2. The highest BCUT2D eigenvalue weighted by molar-refractivity contribution is 5.91. The Kier molecular flexibility index (Phi) is 6.28. The molecule has 0 fully saturated rings. The van der Waals surface area contributed by atoms with Gasteiger partial charge in [-0.25, -0.2) is 0 Å². The number of rotatable bonds is 7. The van der Waals surface area contributed by atoms with Gasteiger partial charge in [-0.05, 0) is 41.8 Å². The summed E-state index contributed by atoms with van der Waals surface area (Å²) in [6, 6.07) is 13.6. The van der Waals surface area contributed by atoms with E-state index in [0.717, 1.165) is 22.4 Å². The smallest absolute Gasteiger partial charge is 0.244 e. The molecule has 2 aromatic carbocycles. The van der Waals surface area contributed by atoms with Crippen molar-refractivity contribution in [3.05, 3.63) is 65.2 Å². The molecule has 1 aliphatic heterocycles. The first-order valence-corrected chi connectivity index (χ1v) is 8.76. The zero-order chi connectivity index (χ0) is 18.2. The number of nitrogens with one attached hydrogen (secondary N) is 1. The third kappa shape index (κ3) is 4.86. The zero-order valence-electron chi connectivity index (χ0n) is 14.9. The summed E-state index contributed by atoms with van der Waals surface area (Å²) in [6.45, 7) is 4.76. The molecule has 0 spiro atoms. The van der Waals surface area contributed by atoms with E-state index in [-0.39, 0.29) is 5.91 Å². The minimum atomic E-state index is -0.147. The summed E-state index contributed by atoms with van der Waals surface area (Å²) in [5, 5.41) is 2.91. The van der Waals surface area contributed by atoms with E-state index in [0.29, 0.717) is 38.7 Å². The fourth-order valence-corrected chi connectivity index (χ4v) is 2.66. The van der Waals surface area contributed by atoms with Crippen molar-refractivity contribution in [1.29, 1.82) is 0 Å². The summed E-state index contributed by atoms with van der Waals surface area (Å²) in [5.41, 5.74) is 3.04. The monoisotopic (exact) mass is 353 g/mol. The Labute approximate surface area is 153 Å². The average molecular weight is 353 g/mol. The van der Waals surface area contributed by atoms with Crippen LogP contribution in [0.4, 0.5) is 0 Å². The van der Waals surface area contributed by atoms with Crippen LogP contribution in [0.5, 0.6) is 11.5 Å². The van der Waals surface area contributed by atoms with Crippen molar-refractivity contribution in [2.45, 2.75) is 20.1 Å². The van der Waals surface area contributed by atoms with Crippen LogP contribution >= 0.6 is 0 Å². The molecule has 3 rings (SSSR count). The summed E-state index contributed by atoms with van der Waals surface area (Å²) in [6.07, 6.45) is 3.29. The Morgan fingerprint density at radius 3 is 2.69 bits per heavy atom. The number of carbonyl (C=O) groups is 1. The molecule has 2 aromatic rings. The second-order valence-corrected chi connectivity index (χ2v) is 5.86. The van der Waals surface area contributed by atoms with Crippen molar-refractivity contribution in [3.8, 4) is 11.5 Å². The zero-order valence-corrected chi connectivity index (χ0v) is 14.9. The van der Waals surface area contributed by atoms with Crippen LogP contribution in [-0.2, 0) is 22.7 Å². The van der Waals surface area contributed by atoms with Gasteiger partial charge in [0.05, 0.1) is 6.61 Å². The maximum atomic E-state index is 12.1. The molecule has 0 radical (unpaired) electrons. The van der Waals surface area contributed by atoms with Gasteiger partial charge in [0.25, 0.3) is 0 Å². The van der Waals surface area contributed by atoms with Crippen LogP contribution in [0.25, 0.3) is 6.08 Å². The molecule has 0 saturated carbocycles. The predicted molar refractivity (Wildman–Crippen MR) is 100 cm³/mol. The van der Waals surface area contributed by atoms with E-state index in [1.165, 1.54) is 6.08 Å². The quantitative estimate of drug-likeness (QED) is 0.776.